The summed E-state index contributed by atoms with van der Waals surface area (Å²) in [5, 5.41) is 3.38. The van der Waals surface area contributed by atoms with Crippen molar-refractivity contribution in [3.8, 4) is 0 Å². The topological polar surface area (TPSA) is 55.1 Å². The number of carbonyl (C=O) groups is 1. The van der Waals surface area contributed by atoms with Gasteiger partial charge in [-0.15, -0.1) is 0 Å². The van der Waals surface area contributed by atoms with E-state index < -0.39 is 5.92 Å². The summed E-state index contributed by atoms with van der Waals surface area (Å²) < 4.78 is 0.716. The maximum Gasteiger partial charge on any atom is 0.234 e. The average Bonchev–Trinajstić information content (AvgIpc) is 2.21. The summed E-state index contributed by atoms with van der Waals surface area (Å²) in [6.07, 6.45) is 0. The van der Waals surface area contributed by atoms with Gasteiger partial charge < -0.3 is 11.1 Å². The SMILES string of the molecule is CC(C)C(C(=O)Nc1ccc(Cl)cc1Br)C(N)=S. The van der Waals surface area contributed by atoms with Gasteiger partial charge in [0.15, 0.2) is 0 Å². The molecule has 6 heteroatoms. The molecule has 0 aliphatic rings. The van der Waals surface area contributed by atoms with Crippen molar-refractivity contribution in [2.75, 3.05) is 5.32 Å². The predicted octanol–water partition coefficient (Wildman–Crippen LogP) is 3.60. The Labute approximate surface area is 125 Å². The first-order valence-corrected chi connectivity index (χ1v) is 6.96. The first kappa shape index (κ1) is 15.4. The van der Waals surface area contributed by atoms with Gasteiger partial charge >= 0.3 is 0 Å². The van der Waals surface area contributed by atoms with Crippen LogP contribution in [-0.4, -0.2) is 10.9 Å². The molecular formula is C12H14BrClN2OS. The molecule has 18 heavy (non-hydrogen) atoms. The summed E-state index contributed by atoms with van der Waals surface area (Å²) in [6.45, 7) is 3.81. The first-order chi connectivity index (χ1) is 8.32. The van der Waals surface area contributed by atoms with Gasteiger partial charge in [0.25, 0.3) is 0 Å². The van der Waals surface area contributed by atoms with E-state index in [-0.39, 0.29) is 16.8 Å². The first-order valence-electron chi connectivity index (χ1n) is 5.38. The number of nitrogens with one attached hydrogen (secondary N) is 1. The van der Waals surface area contributed by atoms with Crippen LogP contribution in [0.1, 0.15) is 13.8 Å². The lowest BCUT2D eigenvalue weighted by molar-refractivity contribution is -0.118. The van der Waals surface area contributed by atoms with Crippen molar-refractivity contribution in [3.05, 3.63) is 27.7 Å². The monoisotopic (exact) mass is 348 g/mol. The number of nitrogens with two attached hydrogens (primary N) is 1. The number of benzene rings is 1. The van der Waals surface area contributed by atoms with Gasteiger partial charge in [-0.05, 0) is 40.0 Å². The lowest BCUT2D eigenvalue weighted by Gasteiger charge is -2.19. The van der Waals surface area contributed by atoms with E-state index in [4.69, 9.17) is 29.6 Å². The highest BCUT2D eigenvalue weighted by Crippen LogP contribution is 2.27. The van der Waals surface area contributed by atoms with Crippen molar-refractivity contribution in [2.45, 2.75) is 13.8 Å². The number of rotatable bonds is 4. The molecule has 0 spiro atoms. The van der Waals surface area contributed by atoms with E-state index in [1.165, 1.54) is 0 Å². The Balaban J connectivity index is 2.89. The fraction of sp³-hybridized carbons (Fsp3) is 0.333. The lowest BCUT2D eigenvalue weighted by atomic mass is 9.95. The Morgan fingerprint density at radius 2 is 2.11 bits per heavy atom. The number of hydrogen-bond acceptors (Lipinski definition) is 2. The minimum Gasteiger partial charge on any atom is -0.393 e. The summed E-state index contributed by atoms with van der Waals surface area (Å²) in [5.74, 6) is -0.642. The van der Waals surface area contributed by atoms with Crippen LogP contribution in [0.25, 0.3) is 0 Å². The van der Waals surface area contributed by atoms with E-state index in [0.717, 1.165) is 0 Å². The third kappa shape index (κ3) is 3.93. The number of amides is 1. The van der Waals surface area contributed by atoms with Crippen LogP contribution in [0, 0.1) is 11.8 Å². The van der Waals surface area contributed by atoms with Crippen molar-refractivity contribution in [1.29, 1.82) is 0 Å². The number of carbonyl (C=O) groups excluding carboxylic acids is 1. The maximum atomic E-state index is 12.1. The highest BCUT2D eigenvalue weighted by Gasteiger charge is 2.25. The molecule has 3 N–H and O–H groups in total. The highest BCUT2D eigenvalue weighted by molar-refractivity contribution is 9.10. The Kier molecular flexibility index (Phi) is 5.56. The van der Waals surface area contributed by atoms with Crippen LogP contribution < -0.4 is 11.1 Å². The van der Waals surface area contributed by atoms with Crippen LogP contribution in [0.15, 0.2) is 22.7 Å². The van der Waals surface area contributed by atoms with Crippen LogP contribution in [-0.2, 0) is 4.79 Å². The average molecular weight is 350 g/mol. The van der Waals surface area contributed by atoms with Gasteiger partial charge in [0, 0.05) is 9.50 Å². The molecule has 0 aromatic heterocycles. The fourth-order valence-electron chi connectivity index (χ4n) is 1.56. The van der Waals surface area contributed by atoms with Gasteiger partial charge in [0.1, 0.15) is 0 Å². The summed E-state index contributed by atoms with van der Waals surface area (Å²) in [6, 6.07) is 5.14. The number of thiocarbonyl (C=S) groups is 1. The molecule has 0 heterocycles. The molecule has 1 aromatic rings. The molecule has 0 radical (unpaired) electrons. The van der Waals surface area contributed by atoms with E-state index in [1.807, 2.05) is 13.8 Å². The molecular weight excluding hydrogens is 336 g/mol. The molecule has 0 saturated carbocycles. The quantitative estimate of drug-likeness (QED) is 0.817. The van der Waals surface area contributed by atoms with E-state index in [0.29, 0.717) is 15.2 Å². The molecule has 1 aromatic carbocycles. The molecule has 98 valence electrons. The van der Waals surface area contributed by atoms with Crippen LogP contribution >= 0.6 is 39.7 Å². The summed E-state index contributed by atoms with van der Waals surface area (Å²) in [5.41, 5.74) is 6.24. The second-order valence-corrected chi connectivity index (χ2v) is 6.00. The van der Waals surface area contributed by atoms with E-state index in [9.17, 15) is 4.79 Å². The molecule has 0 bridgehead atoms. The number of hydrogen-bond donors (Lipinski definition) is 2. The van der Waals surface area contributed by atoms with E-state index in [2.05, 4.69) is 21.2 Å². The van der Waals surface area contributed by atoms with Gasteiger partial charge in [-0.1, -0.05) is 37.7 Å². The summed E-state index contributed by atoms with van der Waals surface area (Å²) >= 11 is 14.1. The van der Waals surface area contributed by atoms with Crippen molar-refractivity contribution in [1.82, 2.24) is 0 Å². The molecule has 1 atom stereocenters. The van der Waals surface area contributed by atoms with Crippen LogP contribution in [0.3, 0.4) is 0 Å². The minimum atomic E-state index is -0.484. The molecule has 1 rings (SSSR count). The fourth-order valence-corrected chi connectivity index (χ4v) is 2.72. The summed E-state index contributed by atoms with van der Waals surface area (Å²) in [7, 11) is 0. The zero-order valence-electron chi connectivity index (χ0n) is 10.0. The van der Waals surface area contributed by atoms with Crippen molar-refractivity contribution in [3.63, 3.8) is 0 Å². The molecule has 0 fully saturated rings. The minimum absolute atomic E-state index is 0.0496. The molecule has 0 aliphatic heterocycles. The maximum absolute atomic E-state index is 12.1. The summed E-state index contributed by atoms with van der Waals surface area (Å²) in [4.78, 5) is 12.3. The van der Waals surface area contributed by atoms with Gasteiger partial charge in [0.05, 0.1) is 16.6 Å². The third-order valence-corrected chi connectivity index (χ3v) is 3.59. The number of halogens is 2. The Bertz CT molecular complexity index is 479. The van der Waals surface area contributed by atoms with Gasteiger partial charge in [0.2, 0.25) is 5.91 Å². The van der Waals surface area contributed by atoms with E-state index in [1.54, 1.807) is 18.2 Å². The Morgan fingerprint density at radius 1 is 1.50 bits per heavy atom. The lowest BCUT2D eigenvalue weighted by Crippen LogP contribution is -2.36. The normalized spacial score (nSPS) is 12.3. The molecule has 0 saturated heterocycles. The van der Waals surface area contributed by atoms with Gasteiger partial charge in [-0.3, -0.25) is 4.79 Å². The van der Waals surface area contributed by atoms with Crippen molar-refractivity contribution >= 4 is 56.3 Å². The largest absolute Gasteiger partial charge is 0.393 e. The van der Waals surface area contributed by atoms with Crippen LogP contribution in [0.2, 0.25) is 5.02 Å². The molecule has 1 amide bonds. The Hall–Kier alpha value is -0.650. The second-order valence-electron chi connectivity index (χ2n) is 4.24. The highest BCUT2D eigenvalue weighted by atomic mass is 79.9. The second kappa shape index (κ2) is 6.50. The zero-order valence-corrected chi connectivity index (χ0v) is 13.2. The third-order valence-electron chi connectivity index (χ3n) is 2.44. The van der Waals surface area contributed by atoms with E-state index >= 15 is 0 Å². The van der Waals surface area contributed by atoms with Crippen LogP contribution in [0.5, 0.6) is 0 Å². The van der Waals surface area contributed by atoms with Crippen molar-refractivity contribution < 1.29 is 4.79 Å². The zero-order chi connectivity index (χ0) is 13.9. The standard InChI is InChI=1S/C12H14BrClN2OS/c1-6(2)10(11(15)18)12(17)16-9-4-3-7(14)5-8(9)13/h3-6,10H,1-2H3,(H2,15,18)(H,16,17). The molecule has 1 unspecified atom stereocenters. The van der Waals surface area contributed by atoms with Crippen LogP contribution in [0.4, 0.5) is 5.69 Å². The predicted molar refractivity (Wildman–Crippen MR) is 82.9 cm³/mol. The van der Waals surface area contributed by atoms with Gasteiger partial charge in [-0.2, -0.15) is 0 Å². The van der Waals surface area contributed by atoms with Crippen molar-refractivity contribution in [2.24, 2.45) is 17.6 Å². The molecule has 0 aliphatic carbocycles. The number of anilines is 1. The molecule has 3 nitrogen and oxygen atoms in total. The Morgan fingerprint density at radius 3 is 2.56 bits per heavy atom. The smallest absolute Gasteiger partial charge is 0.234 e. The van der Waals surface area contributed by atoms with Gasteiger partial charge in [-0.25, -0.2) is 0 Å².